The topological polar surface area (TPSA) is 70.5 Å². The van der Waals surface area contributed by atoms with Crippen molar-refractivity contribution in [2.75, 3.05) is 7.05 Å². The molecule has 1 aromatic heterocycles. The first-order chi connectivity index (χ1) is 9.81. The van der Waals surface area contributed by atoms with Crippen LogP contribution in [0, 0.1) is 25.7 Å². The number of aryl methyl sites for hydroxylation is 2. The lowest BCUT2D eigenvalue weighted by molar-refractivity contribution is -0.141. The van der Waals surface area contributed by atoms with Crippen LogP contribution in [0.1, 0.15) is 47.8 Å². The standard InChI is InChI=1S/C15H22N2O3S/c1-8-13(21-10(3)16-8)9(2)17(4)14(18)11-5-6-12(7-11)15(19)20/h9,11-12H,5-7H2,1-4H3,(H,19,20)/t9?,11-,12+/m1/s1. The van der Waals surface area contributed by atoms with Crippen molar-refractivity contribution in [2.45, 2.75) is 46.1 Å². The lowest BCUT2D eigenvalue weighted by atomic mass is 10.0. The van der Waals surface area contributed by atoms with Crippen LogP contribution in [0.5, 0.6) is 0 Å². The van der Waals surface area contributed by atoms with E-state index in [-0.39, 0.29) is 23.8 Å². The summed E-state index contributed by atoms with van der Waals surface area (Å²) in [6, 6.07) is -0.0208. The second-order valence-corrected chi connectivity index (χ2v) is 7.09. The van der Waals surface area contributed by atoms with Crippen molar-refractivity contribution >= 4 is 23.2 Å². The highest BCUT2D eigenvalue weighted by Crippen LogP contribution is 2.35. The molecule has 1 amide bonds. The number of thiazole rings is 1. The van der Waals surface area contributed by atoms with Gasteiger partial charge in [0.05, 0.1) is 22.7 Å². The predicted molar refractivity (Wildman–Crippen MR) is 81.2 cm³/mol. The van der Waals surface area contributed by atoms with Crippen molar-refractivity contribution < 1.29 is 14.7 Å². The van der Waals surface area contributed by atoms with E-state index >= 15 is 0 Å². The molecule has 0 saturated heterocycles. The zero-order valence-corrected chi connectivity index (χ0v) is 13.7. The number of aliphatic carboxylic acids is 1. The predicted octanol–water partition coefficient (Wildman–Crippen LogP) is 2.78. The molecule has 5 nitrogen and oxygen atoms in total. The molecule has 116 valence electrons. The van der Waals surface area contributed by atoms with Crippen molar-refractivity contribution in [1.29, 1.82) is 0 Å². The fourth-order valence-electron chi connectivity index (χ4n) is 3.02. The molecule has 0 spiro atoms. The zero-order valence-electron chi connectivity index (χ0n) is 12.9. The van der Waals surface area contributed by atoms with Gasteiger partial charge in [0.1, 0.15) is 0 Å². The minimum absolute atomic E-state index is 0.0208. The van der Waals surface area contributed by atoms with Crippen molar-refractivity contribution in [3.05, 3.63) is 15.6 Å². The van der Waals surface area contributed by atoms with Crippen LogP contribution in [-0.2, 0) is 9.59 Å². The molecule has 0 radical (unpaired) electrons. The second-order valence-electron chi connectivity index (χ2n) is 5.85. The van der Waals surface area contributed by atoms with Crippen LogP contribution >= 0.6 is 11.3 Å². The molecule has 0 bridgehead atoms. The first kappa shape index (κ1) is 15.9. The average Bonchev–Trinajstić information content (AvgIpc) is 3.03. The number of amides is 1. The first-order valence-electron chi connectivity index (χ1n) is 7.24. The molecule has 1 saturated carbocycles. The van der Waals surface area contributed by atoms with Crippen LogP contribution in [-0.4, -0.2) is 33.9 Å². The molecule has 3 atom stereocenters. The van der Waals surface area contributed by atoms with Gasteiger partial charge in [-0.25, -0.2) is 4.98 Å². The number of carbonyl (C=O) groups is 2. The van der Waals surface area contributed by atoms with Crippen molar-refractivity contribution in [1.82, 2.24) is 9.88 Å². The summed E-state index contributed by atoms with van der Waals surface area (Å²) >= 11 is 1.62. The van der Waals surface area contributed by atoms with E-state index in [0.29, 0.717) is 19.3 Å². The third-order valence-corrected chi connectivity index (χ3v) is 5.62. The quantitative estimate of drug-likeness (QED) is 0.928. The molecule has 21 heavy (non-hydrogen) atoms. The summed E-state index contributed by atoms with van der Waals surface area (Å²) in [4.78, 5) is 30.8. The molecule has 1 heterocycles. The van der Waals surface area contributed by atoms with E-state index in [4.69, 9.17) is 5.11 Å². The van der Waals surface area contributed by atoms with E-state index in [1.807, 2.05) is 20.8 Å². The highest BCUT2D eigenvalue weighted by molar-refractivity contribution is 7.11. The van der Waals surface area contributed by atoms with Gasteiger partial charge in [-0.2, -0.15) is 0 Å². The minimum atomic E-state index is -0.782. The van der Waals surface area contributed by atoms with Gasteiger partial charge >= 0.3 is 5.97 Å². The van der Waals surface area contributed by atoms with Gasteiger partial charge in [-0.1, -0.05) is 0 Å². The smallest absolute Gasteiger partial charge is 0.306 e. The Bertz CT molecular complexity index is 555. The van der Waals surface area contributed by atoms with Crippen LogP contribution in [0.15, 0.2) is 0 Å². The maximum atomic E-state index is 12.6. The largest absolute Gasteiger partial charge is 0.481 e. The maximum absolute atomic E-state index is 12.6. The van der Waals surface area contributed by atoms with Crippen LogP contribution in [0.4, 0.5) is 0 Å². The lowest BCUT2D eigenvalue weighted by Gasteiger charge is -2.27. The third kappa shape index (κ3) is 3.26. The summed E-state index contributed by atoms with van der Waals surface area (Å²) in [5.41, 5.74) is 0.972. The lowest BCUT2D eigenvalue weighted by Crippen LogP contribution is -2.34. The van der Waals surface area contributed by atoms with Crippen molar-refractivity contribution in [3.63, 3.8) is 0 Å². The molecule has 0 aliphatic heterocycles. The molecule has 1 N–H and O–H groups in total. The number of hydrogen-bond acceptors (Lipinski definition) is 4. The molecular weight excluding hydrogens is 288 g/mol. The molecule has 2 rings (SSSR count). The van der Waals surface area contributed by atoms with E-state index in [0.717, 1.165) is 15.6 Å². The van der Waals surface area contributed by atoms with Gasteiger partial charge < -0.3 is 10.0 Å². The highest BCUT2D eigenvalue weighted by atomic mass is 32.1. The SMILES string of the molecule is Cc1nc(C)c(C(C)N(C)C(=O)[C@@H]2CC[C@H](C(=O)O)C2)s1. The van der Waals surface area contributed by atoms with Crippen molar-refractivity contribution in [2.24, 2.45) is 11.8 Å². The van der Waals surface area contributed by atoms with E-state index < -0.39 is 5.97 Å². The number of aromatic nitrogens is 1. The monoisotopic (exact) mass is 310 g/mol. The van der Waals surface area contributed by atoms with Crippen molar-refractivity contribution in [3.8, 4) is 0 Å². The summed E-state index contributed by atoms with van der Waals surface area (Å²) < 4.78 is 0. The Morgan fingerprint density at radius 1 is 1.33 bits per heavy atom. The normalized spacial score (nSPS) is 23.0. The third-order valence-electron chi connectivity index (χ3n) is 4.38. The Labute approximate surface area is 129 Å². The molecule has 0 aromatic carbocycles. The first-order valence-corrected chi connectivity index (χ1v) is 8.06. The van der Waals surface area contributed by atoms with E-state index in [1.165, 1.54) is 0 Å². The number of rotatable bonds is 4. The van der Waals surface area contributed by atoms with Gasteiger partial charge in [-0.3, -0.25) is 9.59 Å². The second kappa shape index (κ2) is 6.13. The molecule has 1 aliphatic carbocycles. The Morgan fingerprint density at radius 2 is 1.95 bits per heavy atom. The van der Waals surface area contributed by atoms with E-state index in [9.17, 15) is 9.59 Å². The maximum Gasteiger partial charge on any atom is 0.306 e. The van der Waals surface area contributed by atoms with Gasteiger partial charge in [-0.15, -0.1) is 11.3 Å². The van der Waals surface area contributed by atoms with Crippen LogP contribution in [0.2, 0.25) is 0 Å². The zero-order chi connectivity index (χ0) is 15.7. The Kier molecular flexibility index (Phi) is 4.66. The Hall–Kier alpha value is -1.43. The molecule has 1 aromatic rings. The molecule has 1 fully saturated rings. The summed E-state index contributed by atoms with van der Waals surface area (Å²) in [7, 11) is 1.80. The Balaban J connectivity index is 2.06. The van der Waals surface area contributed by atoms with E-state index in [2.05, 4.69) is 4.98 Å². The van der Waals surface area contributed by atoms with Gasteiger partial charge in [0.2, 0.25) is 5.91 Å². The fraction of sp³-hybridized carbons (Fsp3) is 0.667. The van der Waals surface area contributed by atoms with Crippen LogP contribution in [0.3, 0.4) is 0 Å². The number of nitrogens with zero attached hydrogens (tertiary/aromatic N) is 2. The Morgan fingerprint density at radius 3 is 2.43 bits per heavy atom. The molecule has 6 heteroatoms. The summed E-state index contributed by atoms with van der Waals surface area (Å²) in [5.74, 6) is -1.26. The van der Waals surface area contributed by atoms with Gasteiger partial charge in [0.15, 0.2) is 0 Å². The summed E-state index contributed by atoms with van der Waals surface area (Å²) in [6.07, 6.45) is 1.74. The molecular formula is C15H22N2O3S. The number of carbonyl (C=O) groups excluding carboxylic acids is 1. The fourth-order valence-corrected chi connectivity index (χ4v) is 4.04. The minimum Gasteiger partial charge on any atom is -0.481 e. The van der Waals surface area contributed by atoms with Gasteiger partial charge in [0, 0.05) is 17.8 Å². The van der Waals surface area contributed by atoms with Gasteiger partial charge in [0.25, 0.3) is 0 Å². The van der Waals surface area contributed by atoms with Crippen LogP contribution < -0.4 is 0 Å². The van der Waals surface area contributed by atoms with Gasteiger partial charge in [-0.05, 0) is 40.0 Å². The number of carboxylic acids is 1. The number of hydrogen-bond donors (Lipinski definition) is 1. The summed E-state index contributed by atoms with van der Waals surface area (Å²) in [6.45, 7) is 5.93. The highest BCUT2D eigenvalue weighted by Gasteiger charge is 2.36. The van der Waals surface area contributed by atoms with Crippen LogP contribution in [0.25, 0.3) is 0 Å². The molecule has 1 unspecified atom stereocenters. The summed E-state index contributed by atoms with van der Waals surface area (Å²) in [5, 5.41) is 10.0. The van der Waals surface area contributed by atoms with E-state index in [1.54, 1.807) is 23.3 Å². The number of carboxylic acid groups (broad SMARTS) is 1. The average molecular weight is 310 g/mol. The molecule has 1 aliphatic rings.